The van der Waals surface area contributed by atoms with E-state index < -0.39 is 0 Å². The monoisotopic (exact) mass is 257 g/mol. The van der Waals surface area contributed by atoms with E-state index in [-0.39, 0.29) is 5.41 Å². The second-order valence-electron chi connectivity index (χ2n) is 5.32. The molecule has 0 unspecified atom stereocenters. The molecule has 5 nitrogen and oxygen atoms in total. The van der Waals surface area contributed by atoms with Gasteiger partial charge >= 0.3 is 0 Å². The lowest BCUT2D eigenvalue weighted by Gasteiger charge is -2.27. The maximum Gasteiger partial charge on any atom is 0.0911 e. The summed E-state index contributed by atoms with van der Waals surface area (Å²) in [7, 11) is 3.47. The fourth-order valence-corrected chi connectivity index (χ4v) is 2.37. The minimum Gasteiger partial charge on any atom is -0.388 e. The molecule has 0 amide bonds. The number of hydrogen-bond acceptors (Lipinski definition) is 4. The Morgan fingerprint density at radius 1 is 1.22 bits per heavy atom. The largest absolute Gasteiger partial charge is 0.388 e. The highest BCUT2D eigenvalue weighted by molar-refractivity contribution is 5.78. The van der Waals surface area contributed by atoms with Gasteiger partial charge in [0, 0.05) is 46.9 Å². The number of rotatable bonds is 11. The van der Waals surface area contributed by atoms with Crippen molar-refractivity contribution < 1.29 is 9.47 Å². The van der Waals surface area contributed by atoms with Crippen LogP contribution in [-0.4, -0.2) is 57.8 Å². The summed E-state index contributed by atoms with van der Waals surface area (Å²) in [5.74, 6) is 0.316. The molecule has 18 heavy (non-hydrogen) atoms. The first-order valence-electron chi connectivity index (χ1n) is 6.65. The Labute approximate surface area is 110 Å². The van der Waals surface area contributed by atoms with Gasteiger partial charge in [0.05, 0.1) is 12.4 Å². The number of nitrogens with one attached hydrogen (secondary N) is 1. The molecule has 0 atom stereocenters. The van der Waals surface area contributed by atoms with Crippen LogP contribution >= 0.6 is 0 Å². The molecule has 0 aromatic heterocycles. The predicted octanol–water partition coefficient (Wildman–Crippen LogP) is 1.08. The second kappa shape index (κ2) is 7.71. The maximum atomic E-state index is 7.45. The van der Waals surface area contributed by atoms with Crippen LogP contribution < -0.4 is 5.73 Å². The zero-order valence-electron chi connectivity index (χ0n) is 11.7. The first kappa shape index (κ1) is 15.4. The van der Waals surface area contributed by atoms with Crippen molar-refractivity contribution in [3.8, 4) is 0 Å². The van der Waals surface area contributed by atoms with Gasteiger partial charge in [0.25, 0.3) is 0 Å². The molecule has 1 saturated carbocycles. The lowest BCUT2D eigenvalue weighted by atomic mass is 10.0. The molecule has 3 N–H and O–H groups in total. The molecule has 1 aliphatic rings. The lowest BCUT2D eigenvalue weighted by molar-refractivity contribution is 0.120. The van der Waals surface area contributed by atoms with Gasteiger partial charge in [-0.3, -0.25) is 5.41 Å². The quantitative estimate of drug-likeness (QED) is 0.330. The number of hydrogen-bond donors (Lipinski definition) is 2. The average molecular weight is 257 g/mol. The van der Waals surface area contributed by atoms with E-state index in [1.807, 2.05) is 0 Å². The summed E-state index contributed by atoms with van der Waals surface area (Å²) in [5.41, 5.74) is 5.81. The summed E-state index contributed by atoms with van der Waals surface area (Å²) in [6.07, 6.45) is 4.16. The fourth-order valence-electron chi connectivity index (χ4n) is 2.37. The summed E-state index contributed by atoms with van der Waals surface area (Å²) in [6.45, 7) is 4.54. The van der Waals surface area contributed by atoms with Gasteiger partial charge in [0.2, 0.25) is 0 Å². The molecule has 0 aromatic rings. The summed E-state index contributed by atoms with van der Waals surface area (Å²) in [4.78, 5) is 2.42. The molecule has 0 aromatic carbocycles. The lowest BCUT2D eigenvalue weighted by Crippen LogP contribution is -2.36. The minimum atomic E-state index is 0.270. The van der Waals surface area contributed by atoms with Crippen molar-refractivity contribution in [3.05, 3.63) is 0 Å². The molecular weight excluding hydrogens is 230 g/mol. The van der Waals surface area contributed by atoms with Crippen LogP contribution in [0.3, 0.4) is 0 Å². The topological polar surface area (TPSA) is 71.6 Å². The van der Waals surface area contributed by atoms with Gasteiger partial charge in [-0.1, -0.05) is 0 Å². The van der Waals surface area contributed by atoms with Crippen molar-refractivity contribution >= 4 is 5.84 Å². The van der Waals surface area contributed by atoms with Gasteiger partial charge in [0.1, 0.15) is 0 Å². The number of amidine groups is 1. The normalized spacial score (nSPS) is 17.1. The molecule has 106 valence electrons. The van der Waals surface area contributed by atoms with E-state index in [9.17, 15) is 0 Å². The molecule has 5 heteroatoms. The third-order valence-electron chi connectivity index (χ3n) is 3.52. The first-order valence-corrected chi connectivity index (χ1v) is 6.65. The Morgan fingerprint density at radius 2 is 1.89 bits per heavy atom. The molecule has 1 aliphatic carbocycles. The van der Waals surface area contributed by atoms with Crippen LogP contribution in [0.15, 0.2) is 0 Å². The summed E-state index contributed by atoms with van der Waals surface area (Å²) < 4.78 is 10.2. The van der Waals surface area contributed by atoms with Crippen LogP contribution in [-0.2, 0) is 9.47 Å². The van der Waals surface area contributed by atoms with Crippen LogP contribution in [0.4, 0.5) is 0 Å². The van der Waals surface area contributed by atoms with Crippen molar-refractivity contribution in [2.24, 2.45) is 11.1 Å². The third-order valence-corrected chi connectivity index (χ3v) is 3.52. The zero-order chi connectivity index (χ0) is 13.4. The molecule has 0 saturated heterocycles. The molecular formula is C13H27N3O2. The van der Waals surface area contributed by atoms with Gasteiger partial charge in [-0.2, -0.15) is 0 Å². The highest BCUT2D eigenvalue weighted by atomic mass is 16.5. The van der Waals surface area contributed by atoms with E-state index >= 15 is 0 Å². The van der Waals surface area contributed by atoms with Crippen LogP contribution in [0.2, 0.25) is 0 Å². The number of ether oxygens (including phenoxy) is 2. The Balaban J connectivity index is 2.36. The molecule has 0 aliphatic heterocycles. The van der Waals surface area contributed by atoms with E-state index in [0.29, 0.717) is 5.84 Å². The molecule has 0 heterocycles. The standard InChI is InChI=1S/C13H27N3O2/c1-17-8-3-6-16(7-9-18-2)11-13(4-5-13)10-12(14)15/h3-11H2,1-2H3,(H3,14,15). The molecule has 0 bridgehead atoms. The Hall–Kier alpha value is -0.650. The Bertz CT molecular complexity index is 255. The molecule has 1 fully saturated rings. The van der Waals surface area contributed by atoms with Gasteiger partial charge in [-0.05, 0) is 24.7 Å². The Kier molecular flexibility index (Phi) is 6.60. The fraction of sp³-hybridized carbons (Fsp3) is 0.923. The van der Waals surface area contributed by atoms with Gasteiger partial charge in [-0.25, -0.2) is 0 Å². The smallest absolute Gasteiger partial charge is 0.0911 e. The van der Waals surface area contributed by atoms with E-state index in [1.165, 1.54) is 12.8 Å². The van der Waals surface area contributed by atoms with Crippen LogP contribution in [0.5, 0.6) is 0 Å². The highest BCUT2D eigenvalue weighted by Crippen LogP contribution is 2.49. The maximum absolute atomic E-state index is 7.45. The SMILES string of the molecule is COCCCN(CCOC)CC1(CC(=N)N)CC1. The zero-order valence-corrected chi connectivity index (χ0v) is 11.7. The van der Waals surface area contributed by atoms with Crippen molar-refractivity contribution in [2.75, 3.05) is 47.1 Å². The third kappa shape index (κ3) is 5.80. The molecule has 1 rings (SSSR count). The number of methoxy groups -OCH3 is 2. The van der Waals surface area contributed by atoms with E-state index in [4.69, 9.17) is 20.6 Å². The van der Waals surface area contributed by atoms with Crippen LogP contribution in [0, 0.1) is 10.8 Å². The van der Waals surface area contributed by atoms with Gasteiger partial charge in [-0.15, -0.1) is 0 Å². The van der Waals surface area contributed by atoms with E-state index in [1.54, 1.807) is 14.2 Å². The van der Waals surface area contributed by atoms with Crippen molar-refractivity contribution in [2.45, 2.75) is 25.7 Å². The van der Waals surface area contributed by atoms with Gasteiger partial charge in [0.15, 0.2) is 0 Å². The summed E-state index contributed by atoms with van der Waals surface area (Å²) in [5, 5.41) is 7.45. The number of nitrogens with two attached hydrogens (primary N) is 1. The van der Waals surface area contributed by atoms with Crippen molar-refractivity contribution in [1.82, 2.24) is 4.90 Å². The summed E-state index contributed by atoms with van der Waals surface area (Å²) in [6, 6.07) is 0. The summed E-state index contributed by atoms with van der Waals surface area (Å²) >= 11 is 0. The Morgan fingerprint density at radius 3 is 2.39 bits per heavy atom. The molecule has 0 radical (unpaired) electrons. The van der Waals surface area contributed by atoms with E-state index in [0.717, 1.165) is 45.7 Å². The van der Waals surface area contributed by atoms with Crippen LogP contribution in [0.25, 0.3) is 0 Å². The highest BCUT2D eigenvalue weighted by Gasteiger charge is 2.43. The van der Waals surface area contributed by atoms with E-state index in [2.05, 4.69) is 4.90 Å². The van der Waals surface area contributed by atoms with Gasteiger partial charge < -0.3 is 20.1 Å². The predicted molar refractivity (Wildman–Crippen MR) is 73.0 cm³/mol. The minimum absolute atomic E-state index is 0.270. The van der Waals surface area contributed by atoms with Crippen LogP contribution in [0.1, 0.15) is 25.7 Å². The van der Waals surface area contributed by atoms with Crippen molar-refractivity contribution in [3.63, 3.8) is 0 Å². The average Bonchev–Trinajstić information content (AvgIpc) is 3.04. The number of nitrogens with zero attached hydrogens (tertiary/aromatic N) is 1. The molecule has 0 spiro atoms. The van der Waals surface area contributed by atoms with Crippen molar-refractivity contribution in [1.29, 1.82) is 5.41 Å². The first-order chi connectivity index (χ1) is 8.62. The second-order valence-corrected chi connectivity index (χ2v) is 5.32.